The molecular weight excluding hydrogens is 245 g/mol. The number of halogens is 1. The Hall–Kier alpha value is -0.970. The second kappa shape index (κ2) is 7.58. The minimum atomic E-state index is -0.297. The van der Waals surface area contributed by atoms with E-state index in [2.05, 4.69) is 5.32 Å². The molecule has 3 nitrogen and oxygen atoms in total. The van der Waals surface area contributed by atoms with Crippen LogP contribution in [0.2, 0.25) is 0 Å². The van der Waals surface area contributed by atoms with Gasteiger partial charge in [0, 0.05) is 12.1 Å². The summed E-state index contributed by atoms with van der Waals surface area (Å²) in [6.45, 7) is 7.49. The molecule has 0 saturated heterocycles. The van der Waals surface area contributed by atoms with Gasteiger partial charge in [0.25, 0.3) is 0 Å². The third-order valence-corrected chi connectivity index (χ3v) is 2.58. The van der Waals surface area contributed by atoms with Gasteiger partial charge in [-0.15, -0.1) is 0 Å². The van der Waals surface area contributed by atoms with E-state index in [9.17, 15) is 4.39 Å². The maximum absolute atomic E-state index is 13.7. The van der Waals surface area contributed by atoms with Crippen molar-refractivity contribution in [2.45, 2.75) is 32.5 Å². The molecule has 0 saturated carbocycles. The monoisotopic (exact) mass is 269 g/mol. The number of nitrogens with one attached hydrogen (secondary N) is 1. The van der Waals surface area contributed by atoms with Crippen molar-refractivity contribution in [2.24, 2.45) is 0 Å². The van der Waals surface area contributed by atoms with Crippen LogP contribution < -0.4 is 5.32 Å². The fourth-order valence-electron chi connectivity index (χ4n) is 1.72. The van der Waals surface area contributed by atoms with Gasteiger partial charge in [0.2, 0.25) is 0 Å². The smallest absolute Gasteiger partial charge is 0.129 e. The lowest BCUT2D eigenvalue weighted by atomic mass is 10.1. The lowest BCUT2D eigenvalue weighted by molar-refractivity contribution is -0.0521. The number of hydrogen-bond donors (Lipinski definition) is 1. The molecule has 0 heterocycles. The lowest BCUT2D eigenvalue weighted by Crippen LogP contribution is -2.25. The Labute approximate surface area is 115 Å². The first kappa shape index (κ1) is 16.1. The van der Waals surface area contributed by atoms with Crippen molar-refractivity contribution >= 4 is 0 Å². The van der Waals surface area contributed by atoms with Crippen molar-refractivity contribution in [3.63, 3.8) is 0 Å². The normalized spacial score (nSPS) is 13.5. The highest BCUT2D eigenvalue weighted by Gasteiger charge is 2.16. The zero-order valence-corrected chi connectivity index (χ0v) is 12.2. The van der Waals surface area contributed by atoms with Crippen LogP contribution in [0.15, 0.2) is 24.3 Å². The number of ether oxygens (including phenoxy) is 2. The molecule has 1 rings (SSSR count). The van der Waals surface area contributed by atoms with E-state index >= 15 is 0 Å². The van der Waals surface area contributed by atoms with Crippen LogP contribution in [0.3, 0.4) is 0 Å². The second-order valence-electron chi connectivity index (χ2n) is 5.40. The van der Waals surface area contributed by atoms with Crippen LogP contribution in [0.25, 0.3) is 0 Å². The van der Waals surface area contributed by atoms with E-state index < -0.39 is 0 Å². The summed E-state index contributed by atoms with van der Waals surface area (Å²) in [5.41, 5.74) is 0.396. The predicted octanol–water partition coefficient (Wildman–Crippen LogP) is 2.92. The van der Waals surface area contributed by atoms with Crippen molar-refractivity contribution < 1.29 is 13.9 Å². The van der Waals surface area contributed by atoms with E-state index in [1.54, 1.807) is 12.1 Å². The van der Waals surface area contributed by atoms with Gasteiger partial charge in [-0.05, 0) is 33.9 Å². The van der Waals surface area contributed by atoms with Gasteiger partial charge in [0.1, 0.15) is 5.82 Å². The fourth-order valence-corrected chi connectivity index (χ4v) is 1.72. The minimum Gasteiger partial charge on any atom is -0.373 e. The highest BCUT2D eigenvalue weighted by atomic mass is 19.1. The lowest BCUT2D eigenvalue weighted by Gasteiger charge is -2.22. The van der Waals surface area contributed by atoms with E-state index in [1.807, 2.05) is 33.9 Å². The average molecular weight is 269 g/mol. The van der Waals surface area contributed by atoms with Gasteiger partial charge in [-0.3, -0.25) is 0 Å². The van der Waals surface area contributed by atoms with E-state index in [4.69, 9.17) is 9.47 Å². The molecule has 4 heteroatoms. The standard InChI is InChI=1S/C15H24FNO2/c1-15(2,3)19-10-9-18-14(11-17-4)12-7-5-6-8-13(12)16/h5-8,14,17H,9-11H2,1-4H3. The van der Waals surface area contributed by atoms with E-state index in [0.29, 0.717) is 25.3 Å². The SMILES string of the molecule is CNCC(OCCOC(C)(C)C)c1ccccc1F. The minimum absolute atomic E-state index is 0.181. The Bertz CT molecular complexity index is 377. The highest BCUT2D eigenvalue weighted by molar-refractivity contribution is 5.20. The zero-order valence-electron chi connectivity index (χ0n) is 12.2. The predicted molar refractivity (Wildman–Crippen MR) is 74.7 cm³/mol. The molecule has 108 valence electrons. The number of likely N-dealkylation sites (N-methyl/N-ethyl adjacent to an activating group) is 1. The molecule has 0 bridgehead atoms. The molecule has 0 aromatic heterocycles. The molecule has 1 N–H and O–H groups in total. The first-order valence-electron chi connectivity index (χ1n) is 6.58. The van der Waals surface area contributed by atoms with Gasteiger partial charge in [-0.1, -0.05) is 18.2 Å². The molecule has 0 radical (unpaired) electrons. The highest BCUT2D eigenvalue weighted by Crippen LogP contribution is 2.20. The third kappa shape index (κ3) is 6.14. The van der Waals surface area contributed by atoms with Crippen LogP contribution in [0.4, 0.5) is 4.39 Å². The summed E-state index contributed by atoms with van der Waals surface area (Å²) < 4.78 is 25.0. The maximum atomic E-state index is 13.7. The molecular formula is C15H24FNO2. The summed E-state index contributed by atoms with van der Waals surface area (Å²) in [7, 11) is 1.82. The fraction of sp³-hybridized carbons (Fsp3) is 0.600. The van der Waals surface area contributed by atoms with Crippen LogP contribution in [-0.2, 0) is 9.47 Å². The molecule has 0 spiro atoms. The molecule has 0 amide bonds. The van der Waals surface area contributed by atoms with Crippen LogP contribution >= 0.6 is 0 Å². The molecule has 0 aliphatic carbocycles. The molecule has 1 aromatic rings. The van der Waals surface area contributed by atoms with Crippen LogP contribution in [-0.4, -0.2) is 32.4 Å². The number of hydrogen-bond acceptors (Lipinski definition) is 3. The van der Waals surface area contributed by atoms with Crippen molar-refractivity contribution in [3.8, 4) is 0 Å². The quantitative estimate of drug-likeness (QED) is 0.772. The van der Waals surface area contributed by atoms with Gasteiger partial charge in [-0.25, -0.2) is 4.39 Å². The van der Waals surface area contributed by atoms with Crippen LogP contribution in [0.1, 0.15) is 32.4 Å². The molecule has 1 unspecified atom stereocenters. The molecule has 0 aliphatic heterocycles. The average Bonchev–Trinajstić information content (AvgIpc) is 2.33. The maximum Gasteiger partial charge on any atom is 0.129 e. The first-order chi connectivity index (χ1) is 8.94. The summed E-state index contributed by atoms with van der Waals surface area (Å²) in [4.78, 5) is 0. The molecule has 0 fully saturated rings. The van der Waals surface area contributed by atoms with Gasteiger partial charge in [0.05, 0.1) is 24.9 Å². The first-order valence-corrected chi connectivity index (χ1v) is 6.58. The Balaban J connectivity index is 2.52. The zero-order chi connectivity index (χ0) is 14.3. The Kier molecular flexibility index (Phi) is 6.42. The Morgan fingerprint density at radius 3 is 2.47 bits per heavy atom. The Morgan fingerprint density at radius 2 is 1.89 bits per heavy atom. The Morgan fingerprint density at radius 1 is 1.21 bits per heavy atom. The largest absolute Gasteiger partial charge is 0.373 e. The van der Waals surface area contributed by atoms with Crippen molar-refractivity contribution in [1.82, 2.24) is 5.32 Å². The van der Waals surface area contributed by atoms with Crippen LogP contribution in [0.5, 0.6) is 0 Å². The summed E-state index contributed by atoms with van der Waals surface area (Å²) in [6, 6.07) is 6.70. The number of rotatable bonds is 7. The molecule has 19 heavy (non-hydrogen) atoms. The topological polar surface area (TPSA) is 30.5 Å². The third-order valence-electron chi connectivity index (χ3n) is 2.58. The van der Waals surface area contributed by atoms with E-state index in [-0.39, 0.29) is 17.5 Å². The van der Waals surface area contributed by atoms with Gasteiger partial charge in [-0.2, -0.15) is 0 Å². The summed E-state index contributed by atoms with van der Waals surface area (Å²) >= 11 is 0. The van der Waals surface area contributed by atoms with Crippen molar-refractivity contribution in [2.75, 3.05) is 26.8 Å². The van der Waals surface area contributed by atoms with Gasteiger partial charge >= 0.3 is 0 Å². The molecule has 0 aliphatic rings. The van der Waals surface area contributed by atoms with E-state index in [1.165, 1.54) is 6.07 Å². The van der Waals surface area contributed by atoms with Crippen molar-refractivity contribution in [1.29, 1.82) is 0 Å². The van der Waals surface area contributed by atoms with Gasteiger partial charge in [0.15, 0.2) is 0 Å². The van der Waals surface area contributed by atoms with Crippen LogP contribution in [0, 0.1) is 5.82 Å². The summed E-state index contributed by atoms with van der Waals surface area (Å²) in [5.74, 6) is -0.237. The summed E-state index contributed by atoms with van der Waals surface area (Å²) in [5, 5.41) is 3.02. The van der Waals surface area contributed by atoms with Gasteiger partial charge < -0.3 is 14.8 Å². The number of benzene rings is 1. The van der Waals surface area contributed by atoms with E-state index in [0.717, 1.165) is 0 Å². The van der Waals surface area contributed by atoms with Crippen molar-refractivity contribution in [3.05, 3.63) is 35.6 Å². The summed E-state index contributed by atoms with van der Waals surface area (Å²) in [6.07, 6.45) is -0.297. The molecule has 1 aromatic carbocycles. The second-order valence-corrected chi connectivity index (χ2v) is 5.40. The molecule has 1 atom stereocenters.